The molecule has 0 heterocycles. The summed E-state index contributed by atoms with van der Waals surface area (Å²) in [6.45, 7) is 0.407. The molecule has 5 heteroatoms. The molecule has 1 atom stereocenters. The van der Waals surface area contributed by atoms with Gasteiger partial charge in [-0.3, -0.25) is 0 Å². The van der Waals surface area contributed by atoms with Crippen LogP contribution in [0.3, 0.4) is 0 Å². The number of benzene rings is 1. The summed E-state index contributed by atoms with van der Waals surface area (Å²) in [5.41, 5.74) is 0. The molecular formula is C13H20O5. The van der Waals surface area contributed by atoms with Crippen LogP contribution >= 0.6 is 0 Å². The summed E-state index contributed by atoms with van der Waals surface area (Å²) < 4.78 is 15.5. The Morgan fingerprint density at radius 2 is 1.89 bits per heavy atom. The molecule has 0 fully saturated rings. The van der Waals surface area contributed by atoms with E-state index in [2.05, 4.69) is 0 Å². The third-order valence-corrected chi connectivity index (χ3v) is 2.45. The zero-order valence-corrected chi connectivity index (χ0v) is 10.5. The highest BCUT2D eigenvalue weighted by Gasteiger charge is 2.26. The van der Waals surface area contributed by atoms with Crippen molar-refractivity contribution in [1.29, 1.82) is 0 Å². The number of aliphatic hydroxyl groups is 2. The van der Waals surface area contributed by atoms with E-state index in [9.17, 15) is 5.11 Å². The Morgan fingerprint density at radius 3 is 2.50 bits per heavy atom. The maximum Gasteiger partial charge on any atom is 0.192 e. The molecule has 1 rings (SSSR count). The van der Waals surface area contributed by atoms with Crippen molar-refractivity contribution >= 4 is 0 Å². The van der Waals surface area contributed by atoms with Crippen molar-refractivity contribution < 1.29 is 24.4 Å². The fourth-order valence-corrected chi connectivity index (χ4v) is 1.37. The fraction of sp³-hybridized carbons (Fsp3) is 0.538. The zero-order chi connectivity index (χ0) is 13.3. The van der Waals surface area contributed by atoms with E-state index in [-0.39, 0.29) is 26.2 Å². The molecule has 18 heavy (non-hydrogen) atoms. The van der Waals surface area contributed by atoms with E-state index < -0.39 is 5.79 Å². The van der Waals surface area contributed by atoms with Crippen molar-refractivity contribution in [2.24, 2.45) is 0 Å². The smallest absolute Gasteiger partial charge is 0.192 e. The van der Waals surface area contributed by atoms with Crippen LogP contribution in [-0.2, 0) is 9.47 Å². The van der Waals surface area contributed by atoms with Gasteiger partial charge in [0.15, 0.2) is 5.79 Å². The maximum absolute atomic E-state index is 10.0. The number of hydrogen-bond donors (Lipinski definition) is 2. The van der Waals surface area contributed by atoms with Crippen LogP contribution in [-0.4, -0.2) is 49.5 Å². The summed E-state index contributed by atoms with van der Waals surface area (Å²) in [4.78, 5) is 0. The first kappa shape index (κ1) is 14.9. The van der Waals surface area contributed by atoms with Gasteiger partial charge in [-0.15, -0.1) is 0 Å². The normalized spacial score (nSPS) is 14.2. The number of para-hydroxylation sites is 1. The lowest BCUT2D eigenvalue weighted by Gasteiger charge is -2.26. The standard InChI is InChI=1S/C13H20O5/c1-16-13(15,11-17-10-8-14)7-9-18-12-5-3-2-4-6-12/h2-6,14-15H,7-11H2,1H3. The van der Waals surface area contributed by atoms with Crippen LogP contribution < -0.4 is 4.74 Å². The largest absolute Gasteiger partial charge is 0.493 e. The minimum Gasteiger partial charge on any atom is -0.493 e. The molecule has 0 aromatic heterocycles. The molecule has 0 radical (unpaired) electrons. The van der Waals surface area contributed by atoms with Gasteiger partial charge >= 0.3 is 0 Å². The molecule has 1 aromatic carbocycles. The van der Waals surface area contributed by atoms with Gasteiger partial charge in [-0.05, 0) is 12.1 Å². The van der Waals surface area contributed by atoms with Gasteiger partial charge in [0.05, 0.1) is 19.8 Å². The van der Waals surface area contributed by atoms with Gasteiger partial charge in [0.2, 0.25) is 0 Å². The lowest BCUT2D eigenvalue weighted by Crippen LogP contribution is -2.38. The van der Waals surface area contributed by atoms with Crippen molar-refractivity contribution in [3.05, 3.63) is 30.3 Å². The topological polar surface area (TPSA) is 68.2 Å². The molecule has 0 aliphatic carbocycles. The molecule has 102 valence electrons. The van der Waals surface area contributed by atoms with Crippen LogP contribution in [0.5, 0.6) is 5.75 Å². The van der Waals surface area contributed by atoms with Gasteiger partial charge in [0, 0.05) is 13.5 Å². The molecule has 0 saturated heterocycles. The summed E-state index contributed by atoms with van der Waals surface area (Å²) in [7, 11) is 1.41. The molecule has 0 saturated carbocycles. The van der Waals surface area contributed by atoms with Gasteiger partial charge < -0.3 is 24.4 Å². The van der Waals surface area contributed by atoms with Crippen LogP contribution in [0.1, 0.15) is 6.42 Å². The van der Waals surface area contributed by atoms with Crippen molar-refractivity contribution in [2.75, 3.05) is 33.5 Å². The maximum atomic E-state index is 10.0. The van der Waals surface area contributed by atoms with Gasteiger partial charge in [-0.1, -0.05) is 18.2 Å². The Labute approximate surface area is 107 Å². The molecular weight excluding hydrogens is 236 g/mol. The Balaban J connectivity index is 2.30. The van der Waals surface area contributed by atoms with Crippen molar-refractivity contribution in [1.82, 2.24) is 0 Å². The molecule has 0 aliphatic rings. The molecule has 5 nitrogen and oxygen atoms in total. The Bertz CT molecular complexity index is 316. The van der Waals surface area contributed by atoms with E-state index in [1.807, 2.05) is 30.3 Å². The first-order valence-corrected chi connectivity index (χ1v) is 5.84. The van der Waals surface area contributed by atoms with Crippen molar-refractivity contribution in [3.8, 4) is 5.75 Å². The van der Waals surface area contributed by atoms with Gasteiger partial charge in [0.25, 0.3) is 0 Å². The summed E-state index contributed by atoms with van der Waals surface area (Å²) in [6.07, 6.45) is 0.282. The zero-order valence-electron chi connectivity index (χ0n) is 10.5. The van der Waals surface area contributed by atoms with Gasteiger partial charge in [0.1, 0.15) is 12.4 Å². The molecule has 1 unspecified atom stereocenters. The number of hydrogen-bond acceptors (Lipinski definition) is 5. The molecule has 0 bridgehead atoms. The lowest BCUT2D eigenvalue weighted by atomic mass is 10.2. The van der Waals surface area contributed by atoms with Crippen molar-refractivity contribution in [3.63, 3.8) is 0 Å². The highest BCUT2D eigenvalue weighted by Crippen LogP contribution is 2.14. The Hall–Kier alpha value is -1.14. The molecule has 0 aliphatic heterocycles. The molecule has 0 spiro atoms. The lowest BCUT2D eigenvalue weighted by molar-refractivity contribution is -0.224. The van der Waals surface area contributed by atoms with E-state index in [1.54, 1.807) is 0 Å². The monoisotopic (exact) mass is 256 g/mol. The minimum atomic E-state index is -1.38. The quantitative estimate of drug-likeness (QED) is 0.505. The summed E-state index contributed by atoms with van der Waals surface area (Å²) in [5.74, 6) is -0.642. The van der Waals surface area contributed by atoms with E-state index >= 15 is 0 Å². The minimum absolute atomic E-state index is 0.00219. The second-order valence-corrected chi connectivity index (χ2v) is 3.84. The number of rotatable bonds is 9. The number of ether oxygens (including phenoxy) is 3. The SMILES string of the molecule is COC(O)(CCOc1ccccc1)COCCO. The highest BCUT2D eigenvalue weighted by atomic mass is 16.6. The van der Waals surface area contributed by atoms with Crippen LogP contribution in [0.4, 0.5) is 0 Å². The summed E-state index contributed by atoms with van der Waals surface area (Å²) in [6, 6.07) is 9.34. The van der Waals surface area contributed by atoms with Gasteiger partial charge in [-0.25, -0.2) is 0 Å². The predicted molar refractivity (Wildman–Crippen MR) is 66.4 cm³/mol. The fourth-order valence-electron chi connectivity index (χ4n) is 1.37. The second kappa shape index (κ2) is 8.05. The van der Waals surface area contributed by atoms with E-state index in [0.717, 1.165) is 5.75 Å². The predicted octanol–water partition coefficient (Wildman–Crippen LogP) is 0.799. The Morgan fingerprint density at radius 1 is 1.17 bits per heavy atom. The second-order valence-electron chi connectivity index (χ2n) is 3.84. The first-order valence-electron chi connectivity index (χ1n) is 5.84. The summed E-state index contributed by atoms with van der Waals surface area (Å²) >= 11 is 0. The van der Waals surface area contributed by atoms with Crippen LogP contribution in [0, 0.1) is 0 Å². The van der Waals surface area contributed by atoms with Crippen LogP contribution in [0.15, 0.2) is 30.3 Å². The van der Waals surface area contributed by atoms with E-state index in [4.69, 9.17) is 19.3 Å². The average Bonchev–Trinajstić information content (AvgIpc) is 2.40. The average molecular weight is 256 g/mol. The van der Waals surface area contributed by atoms with Crippen LogP contribution in [0.25, 0.3) is 0 Å². The number of methoxy groups -OCH3 is 1. The molecule has 2 N–H and O–H groups in total. The van der Waals surface area contributed by atoms with Gasteiger partial charge in [-0.2, -0.15) is 0 Å². The third-order valence-electron chi connectivity index (χ3n) is 2.45. The van der Waals surface area contributed by atoms with E-state index in [0.29, 0.717) is 6.61 Å². The van der Waals surface area contributed by atoms with Crippen molar-refractivity contribution in [2.45, 2.75) is 12.2 Å². The van der Waals surface area contributed by atoms with Crippen LogP contribution in [0.2, 0.25) is 0 Å². The Kier molecular flexibility index (Phi) is 6.67. The summed E-state index contributed by atoms with van der Waals surface area (Å²) in [5, 5.41) is 18.6. The first-order chi connectivity index (χ1) is 8.70. The number of aliphatic hydroxyl groups excluding tert-OH is 1. The highest BCUT2D eigenvalue weighted by molar-refractivity contribution is 5.20. The van der Waals surface area contributed by atoms with E-state index in [1.165, 1.54) is 7.11 Å². The molecule has 0 amide bonds. The third kappa shape index (κ3) is 5.46. The molecule has 1 aromatic rings.